The first-order chi connectivity index (χ1) is 8.36. The SMILES string of the molecule is CCCNC(C(N)=O)c1ccc(C(F)(F)F)cc1. The molecule has 0 aliphatic heterocycles. The Balaban J connectivity index is 2.90. The van der Waals surface area contributed by atoms with Crippen molar-refractivity contribution in [2.24, 2.45) is 5.73 Å². The van der Waals surface area contributed by atoms with E-state index in [1.807, 2.05) is 6.92 Å². The Hall–Kier alpha value is -1.56. The van der Waals surface area contributed by atoms with Crippen LogP contribution in [-0.2, 0) is 11.0 Å². The van der Waals surface area contributed by atoms with E-state index >= 15 is 0 Å². The zero-order valence-corrected chi connectivity index (χ0v) is 9.92. The van der Waals surface area contributed by atoms with Gasteiger partial charge in [-0.05, 0) is 30.7 Å². The standard InChI is InChI=1S/C12H15F3N2O/c1-2-7-17-10(11(16)18)8-3-5-9(6-4-8)12(13,14)15/h3-6,10,17H,2,7H2,1H3,(H2,16,18). The van der Waals surface area contributed by atoms with Crippen molar-refractivity contribution >= 4 is 5.91 Å². The molecule has 0 aliphatic carbocycles. The molecule has 0 spiro atoms. The minimum absolute atomic E-state index is 0.434. The van der Waals surface area contributed by atoms with Gasteiger partial charge in [0.2, 0.25) is 5.91 Å². The molecule has 0 aromatic heterocycles. The summed E-state index contributed by atoms with van der Waals surface area (Å²) in [5.74, 6) is -0.608. The van der Waals surface area contributed by atoms with Gasteiger partial charge in [-0.15, -0.1) is 0 Å². The van der Waals surface area contributed by atoms with Crippen molar-refractivity contribution in [1.82, 2.24) is 5.32 Å². The molecular weight excluding hydrogens is 245 g/mol. The van der Waals surface area contributed by atoms with Gasteiger partial charge in [-0.1, -0.05) is 19.1 Å². The van der Waals surface area contributed by atoms with E-state index in [2.05, 4.69) is 5.32 Å². The van der Waals surface area contributed by atoms with Gasteiger partial charge in [-0.3, -0.25) is 4.79 Å². The molecule has 1 aromatic carbocycles. The largest absolute Gasteiger partial charge is 0.416 e. The van der Waals surface area contributed by atoms with Crippen LogP contribution in [0.3, 0.4) is 0 Å². The van der Waals surface area contributed by atoms with Crippen LogP contribution in [-0.4, -0.2) is 12.5 Å². The van der Waals surface area contributed by atoms with Crippen molar-refractivity contribution < 1.29 is 18.0 Å². The quantitative estimate of drug-likeness (QED) is 0.853. The molecule has 100 valence electrons. The summed E-state index contributed by atoms with van der Waals surface area (Å²) in [6, 6.07) is 3.66. The lowest BCUT2D eigenvalue weighted by molar-refractivity contribution is -0.137. The number of carbonyl (C=O) groups excluding carboxylic acids is 1. The van der Waals surface area contributed by atoms with Crippen LogP contribution < -0.4 is 11.1 Å². The van der Waals surface area contributed by atoms with Crippen molar-refractivity contribution in [2.45, 2.75) is 25.6 Å². The second-order valence-corrected chi connectivity index (χ2v) is 3.91. The normalized spacial score (nSPS) is 13.3. The summed E-state index contributed by atoms with van der Waals surface area (Å²) in [5.41, 5.74) is 4.90. The number of benzene rings is 1. The summed E-state index contributed by atoms with van der Waals surface area (Å²) in [6.07, 6.45) is -3.58. The van der Waals surface area contributed by atoms with E-state index in [4.69, 9.17) is 5.73 Å². The molecule has 1 rings (SSSR count). The van der Waals surface area contributed by atoms with Crippen molar-refractivity contribution in [3.63, 3.8) is 0 Å². The van der Waals surface area contributed by atoms with Crippen LogP contribution in [0.5, 0.6) is 0 Å². The van der Waals surface area contributed by atoms with Gasteiger partial charge in [0.05, 0.1) is 5.56 Å². The fourth-order valence-corrected chi connectivity index (χ4v) is 1.54. The Morgan fingerprint density at radius 3 is 2.28 bits per heavy atom. The second kappa shape index (κ2) is 5.86. The first-order valence-electron chi connectivity index (χ1n) is 5.56. The van der Waals surface area contributed by atoms with Crippen LogP contribution in [0.2, 0.25) is 0 Å². The lowest BCUT2D eigenvalue weighted by Gasteiger charge is -2.16. The van der Waals surface area contributed by atoms with Crippen molar-refractivity contribution in [3.8, 4) is 0 Å². The Kier molecular flexibility index (Phi) is 4.72. The molecule has 0 aliphatic rings. The number of hydrogen-bond acceptors (Lipinski definition) is 2. The molecule has 0 saturated heterocycles. The highest BCUT2D eigenvalue weighted by Gasteiger charge is 2.30. The molecule has 0 radical (unpaired) electrons. The van der Waals surface area contributed by atoms with Crippen molar-refractivity contribution in [2.75, 3.05) is 6.54 Å². The third-order valence-electron chi connectivity index (χ3n) is 2.45. The summed E-state index contributed by atoms with van der Waals surface area (Å²) in [7, 11) is 0. The van der Waals surface area contributed by atoms with Crippen LogP contribution in [0.15, 0.2) is 24.3 Å². The molecule has 3 N–H and O–H groups in total. The molecule has 6 heteroatoms. The van der Waals surface area contributed by atoms with E-state index in [9.17, 15) is 18.0 Å². The summed E-state index contributed by atoms with van der Waals surface area (Å²) in [5, 5.41) is 2.89. The summed E-state index contributed by atoms with van der Waals surface area (Å²) in [6.45, 7) is 2.48. The number of halogens is 3. The Bertz CT molecular complexity index is 401. The van der Waals surface area contributed by atoms with E-state index in [0.717, 1.165) is 18.6 Å². The van der Waals surface area contributed by atoms with E-state index in [1.54, 1.807) is 0 Å². The summed E-state index contributed by atoms with van der Waals surface area (Å²) in [4.78, 5) is 11.2. The molecule has 1 aromatic rings. The Morgan fingerprint density at radius 1 is 1.33 bits per heavy atom. The zero-order valence-electron chi connectivity index (χ0n) is 9.92. The molecule has 3 nitrogen and oxygen atoms in total. The monoisotopic (exact) mass is 260 g/mol. The number of alkyl halides is 3. The number of primary amides is 1. The average molecular weight is 260 g/mol. The molecule has 0 heterocycles. The van der Waals surface area contributed by atoms with E-state index < -0.39 is 23.7 Å². The van der Waals surface area contributed by atoms with Gasteiger partial charge in [-0.2, -0.15) is 13.2 Å². The zero-order chi connectivity index (χ0) is 13.8. The van der Waals surface area contributed by atoms with Gasteiger partial charge in [-0.25, -0.2) is 0 Å². The van der Waals surface area contributed by atoms with Gasteiger partial charge < -0.3 is 11.1 Å². The number of hydrogen-bond donors (Lipinski definition) is 2. The van der Waals surface area contributed by atoms with Crippen LogP contribution >= 0.6 is 0 Å². The van der Waals surface area contributed by atoms with Crippen LogP contribution in [0.25, 0.3) is 0 Å². The maximum absolute atomic E-state index is 12.4. The highest BCUT2D eigenvalue weighted by atomic mass is 19.4. The molecule has 1 unspecified atom stereocenters. The predicted molar refractivity (Wildman–Crippen MR) is 61.7 cm³/mol. The smallest absolute Gasteiger partial charge is 0.368 e. The van der Waals surface area contributed by atoms with Gasteiger partial charge >= 0.3 is 6.18 Å². The van der Waals surface area contributed by atoms with E-state index in [1.165, 1.54) is 12.1 Å². The highest BCUT2D eigenvalue weighted by Crippen LogP contribution is 2.29. The number of carbonyl (C=O) groups is 1. The Labute approximate surface area is 103 Å². The van der Waals surface area contributed by atoms with E-state index in [-0.39, 0.29) is 0 Å². The summed E-state index contributed by atoms with van der Waals surface area (Å²) < 4.78 is 37.1. The first kappa shape index (κ1) is 14.5. The van der Waals surface area contributed by atoms with Crippen LogP contribution in [0.4, 0.5) is 13.2 Å². The molecule has 0 fully saturated rings. The number of nitrogens with one attached hydrogen (secondary N) is 1. The molecule has 18 heavy (non-hydrogen) atoms. The molecular formula is C12H15F3N2O. The maximum atomic E-state index is 12.4. The maximum Gasteiger partial charge on any atom is 0.416 e. The first-order valence-corrected chi connectivity index (χ1v) is 5.56. The number of rotatable bonds is 5. The molecule has 0 bridgehead atoms. The molecule has 0 saturated carbocycles. The van der Waals surface area contributed by atoms with Crippen molar-refractivity contribution in [1.29, 1.82) is 0 Å². The fraction of sp³-hybridized carbons (Fsp3) is 0.417. The minimum Gasteiger partial charge on any atom is -0.368 e. The number of nitrogens with two attached hydrogens (primary N) is 1. The third kappa shape index (κ3) is 3.73. The lowest BCUT2D eigenvalue weighted by Crippen LogP contribution is -2.34. The average Bonchev–Trinajstić information content (AvgIpc) is 2.28. The lowest BCUT2D eigenvalue weighted by atomic mass is 10.0. The topological polar surface area (TPSA) is 55.1 Å². The van der Waals surface area contributed by atoms with Gasteiger partial charge in [0, 0.05) is 0 Å². The van der Waals surface area contributed by atoms with Crippen molar-refractivity contribution in [3.05, 3.63) is 35.4 Å². The van der Waals surface area contributed by atoms with E-state index in [0.29, 0.717) is 12.1 Å². The number of amides is 1. The molecule has 1 atom stereocenters. The molecule has 1 amide bonds. The fourth-order valence-electron chi connectivity index (χ4n) is 1.54. The Morgan fingerprint density at radius 2 is 1.89 bits per heavy atom. The second-order valence-electron chi connectivity index (χ2n) is 3.91. The highest BCUT2D eigenvalue weighted by molar-refractivity contribution is 5.81. The van der Waals surface area contributed by atoms with Gasteiger partial charge in [0.1, 0.15) is 6.04 Å². The predicted octanol–water partition coefficient (Wildman–Crippen LogP) is 2.23. The van der Waals surface area contributed by atoms with Crippen LogP contribution in [0, 0.1) is 0 Å². The summed E-state index contributed by atoms with van der Waals surface area (Å²) >= 11 is 0. The van der Waals surface area contributed by atoms with Gasteiger partial charge in [0.25, 0.3) is 0 Å². The van der Waals surface area contributed by atoms with Gasteiger partial charge in [0.15, 0.2) is 0 Å². The van der Waals surface area contributed by atoms with Crippen LogP contribution in [0.1, 0.15) is 30.5 Å². The minimum atomic E-state index is -4.38. The third-order valence-corrected chi connectivity index (χ3v) is 2.45.